The second kappa shape index (κ2) is 5.51. The molecular formula is C11H11ClO4. The zero-order chi connectivity index (χ0) is 12.1. The SMILES string of the molecule is CC(=O)OC(OC(C)=O)c1ccc(Cl)cc1. The molecule has 86 valence electrons. The van der Waals surface area contributed by atoms with Gasteiger partial charge < -0.3 is 9.47 Å². The minimum absolute atomic E-state index is 0.527. The smallest absolute Gasteiger partial charge is 0.305 e. The van der Waals surface area contributed by atoms with E-state index in [1.807, 2.05) is 0 Å². The molecule has 0 saturated heterocycles. The largest absolute Gasteiger partial charge is 0.421 e. The first-order valence-electron chi connectivity index (χ1n) is 4.59. The van der Waals surface area contributed by atoms with Crippen LogP contribution >= 0.6 is 11.6 Å². The molecule has 5 heteroatoms. The monoisotopic (exact) mass is 242 g/mol. The van der Waals surface area contributed by atoms with Crippen LogP contribution in [0.15, 0.2) is 24.3 Å². The van der Waals surface area contributed by atoms with Crippen molar-refractivity contribution >= 4 is 23.5 Å². The zero-order valence-corrected chi connectivity index (χ0v) is 9.65. The van der Waals surface area contributed by atoms with Crippen molar-refractivity contribution in [3.8, 4) is 0 Å². The molecule has 0 radical (unpaired) electrons. The topological polar surface area (TPSA) is 52.6 Å². The molecule has 0 amide bonds. The van der Waals surface area contributed by atoms with E-state index >= 15 is 0 Å². The van der Waals surface area contributed by atoms with Crippen LogP contribution in [0.25, 0.3) is 0 Å². The summed E-state index contributed by atoms with van der Waals surface area (Å²) in [5.41, 5.74) is 0.551. The van der Waals surface area contributed by atoms with Crippen molar-refractivity contribution in [3.63, 3.8) is 0 Å². The van der Waals surface area contributed by atoms with Gasteiger partial charge in [-0.2, -0.15) is 0 Å². The van der Waals surface area contributed by atoms with E-state index in [0.717, 1.165) is 0 Å². The van der Waals surface area contributed by atoms with Crippen molar-refractivity contribution < 1.29 is 19.1 Å². The maximum absolute atomic E-state index is 10.8. The lowest BCUT2D eigenvalue weighted by Crippen LogP contribution is -2.14. The van der Waals surface area contributed by atoms with Gasteiger partial charge in [-0.15, -0.1) is 0 Å². The average Bonchev–Trinajstić information content (AvgIpc) is 2.16. The Hall–Kier alpha value is -1.55. The van der Waals surface area contributed by atoms with Crippen LogP contribution in [-0.2, 0) is 19.1 Å². The van der Waals surface area contributed by atoms with Gasteiger partial charge in [-0.1, -0.05) is 23.7 Å². The van der Waals surface area contributed by atoms with E-state index < -0.39 is 18.2 Å². The maximum Gasteiger partial charge on any atom is 0.305 e. The van der Waals surface area contributed by atoms with Gasteiger partial charge in [-0.05, 0) is 12.1 Å². The van der Waals surface area contributed by atoms with E-state index in [1.165, 1.54) is 13.8 Å². The quantitative estimate of drug-likeness (QED) is 0.604. The van der Waals surface area contributed by atoms with Crippen LogP contribution in [0, 0.1) is 0 Å². The van der Waals surface area contributed by atoms with Gasteiger partial charge in [0.25, 0.3) is 6.29 Å². The summed E-state index contributed by atoms with van der Waals surface area (Å²) in [7, 11) is 0. The molecule has 0 unspecified atom stereocenters. The van der Waals surface area contributed by atoms with Crippen LogP contribution < -0.4 is 0 Å². The summed E-state index contributed by atoms with van der Waals surface area (Å²) in [6.45, 7) is 2.48. The summed E-state index contributed by atoms with van der Waals surface area (Å²) in [6, 6.07) is 6.49. The number of ether oxygens (including phenoxy) is 2. The fourth-order valence-corrected chi connectivity index (χ4v) is 1.21. The predicted molar refractivity (Wildman–Crippen MR) is 57.7 cm³/mol. The number of rotatable bonds is 3. The first-order chi connectivity index (χ1) is 7.49. The summed E-state index contributed by atoms with van der Waals surface area (Å²) in [5, 5.41) is 0.549. The molecule has 16 heavy (non-hydrogen) atoms. The third kappa shape index (κ3) is 3.90. The molecule has 0 spiro atoms. The van der Waals surface area contributed by atoms with Crippen molar-refractivity contribution in [1.29, 1.82) is 0 Å². The van der Waals surface area contributed by atoms with Crippen molar-refractivity contribution in [2.45, 2.75) is 20.1 Å². The fourth-order valence-electron chi connectivity index (χ4n) is 1.08. The van der Waals surface area contributed by atoms with E-state index in [-0.39, 0.29) is 0 Å². The molecule has 0 aliphatic rings. The van der Waals surface area contributed by atoms with E-state index in [4.69, 9.17) is 21.1 Å². The molecule has 0 aliphatic heterocycles. The second-order valence-corrected chi connectivity index (χ2v) is 3.54. The summed E-state index contributed by atoms with van der Waals surface area (Å²) in [5.74, 6) is -1.05. The first-order valence-corrected chi connectivity index (χ1v) is 4.96. The Labute approximate surface area is 98.1 Å². The predicted octanol–water partition coefficient (Wildman–Crippen LogP) is 2.46. The van der Waals surface area contributed by atoms with Gasteiger partial charge in [0.05, 0.1) is 0 Å². The highest BCUT2D eigenvalue weighted by Gasteiger charge is 2.17. The Balaban J connectivity index is 2.86. The molecule has 4 nitrogen and oxygen atoms in total. The third-order valence-corrected chi connectivity index (χ3v) is 1.94. The van der Waals surface area contributed by atoms with E-state index in [2.05, 4.69) is 0 Å². The summed E-state index contributed by atoms with van der Waals surface area (Å²) in [4.78, 5) is 21.7. The number of hydrogen-bond donors (Lipinski definition) is 0. The summed E-state index contributed by atoms with van der Waals surface area (Å²) < 4.78 is 9.72. The van der Waals surface area contributed by atoms with Crippen LogP contribution in [0.2, 0.25) is 5.02 Å². The van der Waals surface area contributed by atoms with Crippen molar-refractivity contribution in [2.24, 2.45) is 0 Å². The van der Waals surface area contributed by atoms with Gasteiger partial charge in [0.1, 0.15) is 0 Å². The van der Waals surface area contributed by atoms with Gasteiger partial charge in [0, 0.05) is 24.4 Å². The van der Waals surface area contributed by atoms with Gasteiger partial charge >= 0.3 is 11.9 Å². The first kappa shape index (κ1) is 12.5. The zero-order valence-electron chi connectivity index (χ0n) is 8.90. The lowest BCUT2D eigenvalue weighted by atomic mass is 10.2. The Morgan fingerprint density at radius 1 is 1.06 bits per heavy atom. The van der Waals surface area contributed by atoms with Crippen LogP contribution in [-0.4, -0.2) is 11.9 Å². The van der Waals surface area contributed by atoms with Crippen LogP contribution in [0.4, 0.5) is 0 Å². The second-order valence-electron chi connectivity index (χ2n) is 3.10. The molecule has 0 heterocycles. The molecule has 0 N–H and O–H groups in total. The Morgan fingerprint density at radius 3 is 1.88 bits per heavy atom. The average molecular weight is 243 g/mol. The third-order valence-electron chi connectivity index (χ3n) is 1.69. The number of esters is 2. The highest BCUT2D eigenvalue weighted by Crippen LogP contribution is 2.21. The van der Waals surface area contributed by atoms with E-state index in [0.29, 0.717) is 10.6 Å². The minimum atomic E-state index is -1.02. The van der Waals surface area contributed by atoms with Crippen molar-refractivity contribution in [1.82, 2.24) is 0 Å². The van der Waals surface area contributed by atoms with Gasteiger partial charge in [-0.3, -0.25) is 9.59 Å². The molecule has 0 bridgehead atoms. The van der Waals surface area contributed by atoms with Gasteiger partial charge in [0.2, 0.25) is 0 Å². The lowest BCUT2D eigenvalue weighted by Gasteiger charge is -2.16. The summed E-state index contributed by atoms with van der Waals surface area (Å²) in [6.07, 6.45) is -1.02. The lowest BCUT2D eigenvalue weighted by molar-refractivity contribution is -0.186. The maximum atomic E-state index is 10.8. The standard InChI is InChI=1S/C11H11ClO4/c1-7(13)15-11(16-8(2)14)9-3-5-10(12)6-4-9/h3-6,11H,1-2H3. The number of carbonyl (C=O) groups excluding carboxylic acids is 2. The van der Waals surface area contributed by atoms with Crippen molar-refractivity contribution in [2.75, 3.05) is 0 Å². The molecule has 0 fully saturated rings. The highest BCUT2D eigenvalue weighted by atomic mass is 35.5. The van der Waals surface area contributed by atoms with Crippen LogP contribution in [0.1, 0.15) is 25.7 Å². The summed E-state index contributed by atoms with van der Waals surface area (Å²) >= 11 is 5.71. The number of halogens is 1. The van der Waals surface area contributed by atoms with Crippen LogP contribution in [0.3, 0.4) is 0 Å². The van der Waals surface area contributed by atoms with Crippen molar-refractivity contribution in [3.05, 3.63) is 34.9 Å². The Morgan fingerprint density at radius 2 is 1.50 bits per heavy atom. The highest BCUT2D eigenvalue weighted by molar-refractivity contribution is 6.30. The normalized spacial score (nSPS) is 10.0. The Bertz CT molecular complexity index is 369. The molecule has 1 aromatic rings. The molecule has 0 aromatic heterocycles. The minimum Gasteiger partial charge on any atom is -0.421 e. The molecule has 1 aromatic carbocycles. The Kier molecular flexibility index (Phi) is 4.31. The number of benzene rings is 1. The molecule has 1 rings (SSSR count). The molecular weight excluding hydrogens is 232 g/mol. The number of hydrogen-bond acceptors (Lipinski definition) is 4. The molecule has 0 atom stereocenters. The van der Waals surface area contributed by atoms with Gasteiger partial charge in [-0.25, -0.2) is 0 Å². The molecule has 0 saturated carbocycles. The number of carbonyl (C=O) groups is 2. The van der Waals surface area contributed by atoms with E-state index in [1.54, 1.807) is 24.3 Å². The van der Waals surface area contributed by atoms with E-state index in [9.17, 15) is 9.59 Å². The fraction of sp³-hybridized carbons (Fsp3) is 0.273. The van der Waals surface area contributed by atoms with Gasteiger partial charge in [0.15, 0.2) is 0 Å². The van der Waals surface area contributed by atoms with Crippen LogP contribution in [0.5, 0.6) is 0 Å². The molecule has 0 aliphatic carbocycles.